The first-order valence-electron chi connectivity index (χ1n) is 6.83. The Labute approximate surface area is 137 Å². The van der Waals surface area contributed by atoms with Gasteiger partial charge < -0.3 is 0 Å². The zero-order valence-electron chi connectivity index (χ0n) is 12.2. The first kappa shape index (κ1) is 16.7. The van der Waals surface area contributed by atoms with Crippen molar-refractivity contribution >= 4 is 29.6 Å². The largest absolute Gasteiger partial charge is 0.272 e. The summed E-state index contributed by atoms with van der Waals surface area (Å²) in [5, 5.41) is 14.4. The molecule has 0 saturated carbocycles. The molecule has 118 valence electrons. The molecule has 23 heavy (non-hydrogen) atoms. The van der Waals surface area contributed by atoms with Crippen LogP contribution in [-0.2, 0) is 10.5 Å². The lowest BCUT2D eigenvalue weighted by Gasteiger charge is -2.01. The molecule has 0 radical (unpaired) electrons. The highest BCUT2D eigenvalue weighted by Gasteiger charge is 2.05. The van der Waals surface area contributed by atoms with Crippen LogP contribution in [-0.4, -0.2) is 22.8 Å². The number of hydrazone groups is 1. The van der Waals surface area contributed by atoms with Crippen molar-refractivity contribution in [3.05, 3.63) is 75.8 Å². The Morgan fingerprint density at radius 1 is 1.17 bits per heavy atom. The van der Waals surface area contributed by atoms with E-state index >= 15 is 0 Å². The van der Waals surface area contributed by atoms with Crippen LogP contribution >= 0.6 is 11.8 Å². The van der Waals surface area contributed by atoms with E-state index in [1.165, 1.54) is 23.9 Å². The van der Waals surface area contributed by atoms with Gasteiger partial charge in [0.05, 0.1) is 16.9 Å². The van der Waals surface area contributed by atoms with Gasteiger partial charge in [-0.05, 0) is 11.1 Å². The van der Waals surface area contributed by atoms with E-state index in [0.29, 0.717) is 5.75 Å². The zero-order chi connectivity index (χ0) is 16.5. The molecular formula is C16H15N3O3S. The van der Waals surface area contributed by atoms with Gasteiger partial charge in [0.25, 0.3) is 5.69 Å². The summed E-state index contributed by atoms with van der Waals surface area (Å²) in [5.74, 6) is 0.681. The molecule has 1 amide bonds. The second-order valence-corrected chi connectivity index (χ2v) is 5.61. The van der Waals surface area contributed by atoms with Crippen molar-refractivity contribution in [3.8, 4) is 0 Å². The SMILES string of the molecule is O=C(CSCc1ccc([N+](=O)[O-])cc1)N/N=C\c1ccccc1. The summed E-state index contributed by atoms with van der Waals surface area (Å²) in [7, 11) is 0. The summed E-state index contributed by atoms with van der Waals surface area (Å²) < 4.78 is 0. The van der Waals surface area contributed by atoms with Crippen LogP contribution in [0.25, 0.3) is 0 Å². The molecule has 0 aliphatic heterocycles. The van der Waals surface area contributed by atoms with Gasteiger partial charge in [0.15, 0.2) is 0 Å². The van der Waals surface area contributed by atoms with E-state index in [0.717, 1.165) is 11.1 Å². The number of nitrogens with one attached hydrogen (secondary N) is 1. The van der Waals surface area contributed by atoms with E-state index in [1.807, 2.05) is 30.3 Å². The Morgan fingerprint density at radius 3 is 2.52 bits per heavy atom. The molecule has 2 aromatic rings. The van der Waals surface area contributed by atoms with Crippen molar-refractivity contribution in [2.45, 2.75) is 5.75 Å². The van der Waals surface area contributed by atoms with E-state index in [2.05, 4.69) is 10.5 Å². The van der Waals surface area contributed by atoms with Crippen LogP contribution in [0.1, 0.15) is 11.1 Å². The molecule has 0 bridgehead atoms. The number of hydrogen-bond acceptors (Lipinski definition) is 5. The molecule has 0 aliphatic carbocycles. The fourth-order valence-corrected chi connectivity index (χ4v) is 2.51. The molecule has 1 N–H and O–H groups in total. The third kappa shape index (κ3) is 5.91. The maximum Gasteiger partial charge on any atom is 0.269 e. The quantitative estimate of drug-likeness (QED) is 0.481. The highest BCUT2D eigenvalue weighted by atomic mass is 32.2. The second kappa shape index (κ2) is 8.70. The Hall–Kier alpha value is -2.67. The molecule has 0 spiro atoms. The average molecular weight is 329 g/mol. The number of nitro benzene ring substituents is 1. The number of hydrogen-bond donors (Lipinski definition) is 1. The maximum absolute atomic E-state index is 11.6. The molecule has 0 aromatic heterocycles. The maximum atomic E-state index is 11.6. The molecule has 6 nitrogen and oxygen atoms in total. The Balaban J connectivity index is 1.70. The van der Waals surface area contributed by atoms with E-state index in [1.54, 1.807) is 18.3 Å². The zero-order valence-corrected chi connectivity index (χ0v) is 13.0. The van der Waals surface area contributed by atoms with Gasteiger partial charge in [0, 0.05) is 17.9 Å². The van der Waals surface area contributed by atoms with E-state index in [-0.39, 0.29) is 17.3 Å². The molecule has 0 fully saturated rings. The molecule has 2 rings (SSSR count). The van der Waals surface area contributed by atoms with Gasteiger partial charge in [-0.2, -0.15) is 5.10 Å². The molecule has 0 atom stereocenters. The van der Waals surface area contributed by atoms with Crippen LogP contribution in [0.3, 0.4) is 0 Å². The van der Waals surface area contributed by atoms with Crippen LogP contribution < -0.4 is 5.43 Å². The number of nitrogens with zero attached hydrogens (tertiary/aromatic N) is 2. The summed E-state index contributed by atoms with van der Waals surface area (Å²) in [5.41, 5.74) is 4.36. The third-order valence-electron chi connectivity index (χ3n) is 2.85. The predicted octanol–water partition coefficient (Wildman–Crippen LogP) is 2.98. The van der Waals surface area contributed by atoms with Gasteiger partial charge in [-0.1, -0.05) is 42.5 Å². The van der Waals surface area contributed by atoms with Crippen molar-refractivity contribution in [2.24, 2.45) is 5.10 Å². The van der Waals surface area contributed by atoms with Gasteiger partial charge in [-0.15, -0.1) is 11.8 Å². The lowest BCUT2D eigenvalue weighted by Crippen LogP contribution is -2.19. The number of benzene rings is 2. The summed E-state index contributed by atoms with van der Waals surface area (Å²) >= 11 is 1.42. The van der Waals surface area contributed by atoms with E-state index in [4.69, 9.17) is 0 Å². The highest BCUT2D eigenvalue weighted by Crippen LogP contribution is 2.16. The molecule has 2 aromatic carbocycles. The lowest BCUT2D eigenvalue weighted by molar-refractivity contribution is -0.384. The number of carbonyl (C=O) groups is 1. The average Bonchev–Trinajstić information content (AvgIpc) is 2.56. The topological polar surface area (TPSA) is 84.6 Å². The van der Waals surface area contributed by atoms with Crippen LogP contribution in [0.15, 0.2) is 59.7 Å². The summed E-state index contributed by atoms with van der Waals surface area (Å²) in [4.78, 5) is 21.7. The minimum atomic E-state index is -0.435. The lowest BCUT2D eigenvalue weighted by atomic mass is 10.2. The fourth-order valence-electron chi connectivity index (χ4n) is 1.73. The van der Waals surface area contributed by atoms with Gasteiger partial charge in [-0.3, -0.25) is 14.9 Å². The summed E-state index contributed by atoms with van der Waals surface area (Å²) in [6.07, 6.45) is 1.58. The van der Waals surface area contributed by atoms with Crippen LogP contribution in [0, 0.1) is 10.1 Å². The first-order chi connectivity index (χ1) is 11.1. The molecule has 7 heteroatoms. The standard InChI is InChI=1S/C16H15N3O3S/c20-16(18-17-10-13-4-2-1-3-5-13)12-23-11-14-6-8-15(9-7-14)19(21)22/h1-10H,11-12H2,(H,18,20)/b17-10-. The molecule has 0 unspecified atom stereocenters. The van der Waals surface area contributed by atoms with Gasteiger partial charge in [-0.25, -0.2) is 5.43 Å². The van der Waals surface area contributed by atoms with Crippen molar-refractivity contribution in [2.75, 3.05) is 5.75 Å². The fraction of sp³-hybridized carbons (Fsp3) is 0.125. The predicted molar refractivity (Wildman–Crippen MR) is 91.4 cm³/mol. The molecule has 0 aliphatic rings. The Bertz CT molecular complexity index is 687. The van der Waals surface area contributed by atoms with Gasteiger partial charge >= 0.3 is 0 Å². The normalized spacial score (nSPS) is 10.6. The minimum Gasteiger partial charge on any atom is -0.272 e. The monoisotopic (exact) mass is 329 g/mol. The summed E-state index contributed by atoms with van der Waals surface area (Å²) in [6, 6.07) is 15.8. The molecule has 0 saturated heterocycles. The Kier molecular flexibility index (Phi) is 6.31. The van der Waals surface area contributed by atoms with Crippen LogP contribution in [0.5, 0.6) is 0 Å². The third-order valence-corrected chi connectivity index (χ3v) is 3.86. The van der Waals surface area contributed by atoms with Gasteiger partial charge in [0.2, 0.25) is 5.91 Å². The van der Waals surface area contributed by atoms with Crippen LogP contribution in [0.2, 0.25) is 0 Å². The smallest absolute Gasteiger partial charge is 0.269 e. The van der Waals surface area contributed by atoms with Crippen molar-refractivity contribution in [1.82, 2.24) is 5.43 Å². The number of nitro groups is 1. The first-order valence-corrected chi connectivity index (χ1v) is 7.98. The molecular weight excluding hydrogens is 314 g/mol. The molecule has 0 heterocycles. The Morgan fingerprint density at radius 2 is 1.87 bits per heavy atom. The van der Waals surface area contributed by atoms with Crippen molar-refractivity contribution in [1.29, 1.82) is 0 Å². The van der Waals surface area contributed by atoms with Crippen molar-refractivity contribution in [3.63, 3.8) is 0 Å². The van der Waals surface area contributed by atoms with E-state index in [9.17, 15) is 14.9 Å². The van der Waals surface area contributed by atoms with Gasteiger partial charge in [0.1, 0.15) is 0 Å². The number of thioether (sulfide) groups is 1. The number of rotatable bonds is 7. The minimum absolute atomic E-state index is 0.0618. The number of carbonyl (C=O) groups excluding carboxylic acids is 1. The number of amides is 1. The van der Waals surface area contributed by atoms with Crippen LogP contribution in [0.4, 0.5) is 5.69 Å². The summed E-state index contributed by atoms with van der Waals surface area (Å²) in [6.45, 7) is 0. The second-order valence-electron chi connectivity index (χ2n) is 4.62. The highest BCUT2D eigenvalue weighted by molar-refractivity contribution is 7.99. The van der Waals surface area contributed by atoms with E-state index < -0.39 is 4.92 Å². The van der Waals surface area contributed by atoms with Crippen molar-refractivity contribution < 1.29 is 9.72 Å². The number of non-ortho nitro benzene ring substituents is 1.